The van der Waals surface area contributed by atoms with Crippen molar-refractivity contribution in [1.82, 2.24) is 0 Å². The van der Waals surface area contributed by atoms with Crippen molar-refractivity contribution in [3.8, 4) is 0 Å². The molecule has 0 unspecified atom stereocenters. The Morgan fingerprint density at radius 2 is 1.94 bits per heavy atom. The van der Waals surface area contributed by atoms with Crippen LogP contribution in [0.3, 0.4) is 0 Å². The number of halogens is 1. The molecular formula is C8H8BFO6S. The van der Waals surface area contributed by atoms with E-state index in [1.807, 2.05) is 0 Å². The summed E-state index contributed by atoms with van der Waals surface area (Å²) in [6.07, 6.45) is 0. The van der Waals surface area contributed by atoms with Crippen LogP contribution in [0.15, 0.2) is 23.1 Å². The van der Waals surface area contributed by atoms with Gasteiger partial charge in [-0.1, -0.05) is 0 Å². The van der Waals surface area contributed by atoms with Crippen molar-refractivity contribution in [2.45, 2.75) is 4.90 Å². The van der Waals surface area contributed by atoms with Gasteiger partial charge in [-0.25, -0.2) is 4.79 Å². The fourth-order valence-electron chi connectivity index (χ4n) is 1.15. The van der Waals surface area contributed by atoms with Crippen molar-refractivity contribution in [1.29, 1.82) is 0 Å². The van der Waals surface area contributed by atoms with Gasteiger partial charge in [-0.05, 0) is 23.7 Å². The van der Waals surface area contributed by atoms with Crippen LogP contribution in [0, 0.1) is 0 Å². The lowest BCUT2D eigenvalue weighted by Gasteiger charge is -2.05. The summed E-state index contributed by atoms with van der Waals surface area (Å²) < 4.78 is 38.5. The maximum Gasteiger partial charge on any atom is 0.488 e. The maximum absolute atomic E-state index is 12.8. The Morgan fingerprint density at radius 1 is 1.35 bits per heavy atom. The first-order chi connectivity index (χ1) is 7.75. The summed E-state index contributed by atoms with van der Waals surface area (Å²) >= 11 is 0. The van der Waals surface area contributed by atoms with Gasteiger partial charge in [0.25, 0.3) is 0 Å². The van der Waals surface area contributed by atoms with Gasteiger partial charge < -0.3 is 14.8 Å². The molecule has 9 heteroatoms. The third kappa shape index (κ3) is 3.25. The van der Waals surface area contributed by atoms with E-state index >= 15 is 0 Å². The molecule has 0 spiro atoms. The molecule has 0 aliphatic carbocycles. The zero-order valence-corrected chi connectivity index (χ0v) is 9.44. The molecule has 0 aromatic heterocycles. The van der Waals surface area contributed by atoms with Crippen LogP contribution in [-0.4, -0.2) is 38.7 Å². The third-order valence-electron chi connectivity index (χ3n) is 1.93. The lowest BCUT2D eigenvalue weighted by atomic mass is 9.79. The van der Waals surface area contributed by atoms with Crippen molar-refractivity contribution in [2.75, 3.05) is 7.11 Å². The second-order valence-electron chi connectivity index (χ2n) is 3.09. The summed E-state index contributed by atoms with van der Waals surface area (Å²) in [6, 6.07) is 2.45. The van der Waals surface area contributed by atoms with Crippen molar-refractivity contribution >= 4 is 28.8 Å². The molecule has 2 N–H and O–H groups in total. The second-order valence-corrected chi connectivity index (χ2v) is 4.44. The monoisotopic (exact) mass is 262 g/mol. The summed E-state index contributed by atoms with van der Waals surface area (Å²) in [5.74, 6) is -0.919. The molecule has 17 heavy (non-hydrogen) atoms. The second kappa shape index (κ2) is 4.82. The normalized spacial score (nSPS) is 11.1. The van der Waals surface area contributed by atoms with Crippen LogP contribution in [0.1, 0.15) is 10.4 Å². The van der Waals surface area contributed by atoms with E-state index in [1.165, 1.54) is 0 Å². The molecule has 0 aliphatic rings. The van der Waals surface area contributed by atoms with E-state index in [2.05, 4.69) is 4.74 Å². The fourth-order valence-corrected chi connectivity index (χ4v) is 1.69. The largest absolute Gasteiger partial charge is 0.488 e. The predicted molar refractivity (Wildman–Crippen MR) is 55.9 cm³/mol. The van der Waals surface area contributed by atoms with Crippen LogP contribution < -0.4 is 5.46 Å². The minimum absolute atomic E-state index is 0.297. The maximum atomic E-state index is 12.8. The Bertz CT molecular complexity index is 541. The molecule has 1 aromatic carbocycles. The van der Waals surface area contributed by atoms with E-state index in [9.17, 15) is 17.1 Å². The van der Waals surface area contributed by atoms with E-state index in [-0.39, 0.29) is 11.0 Å². The van der Waals surface area contributed by atoms with Crippen LogP contribution in [0.4, 0.5) is 3.89 Å². The van der Waals surface area contributed by atoms with Gasteiger partial charge in [0, 0.05) is 0 Å². The van der Waals surface area contributed by atoms with Crippen molar-refractivity contribution in [3.63, 3.8) is 0 Å². The molecule has 0 atom stereocenters. The quantitative estimate of drug-likeness (QED) is 0.403. The number of hydrogen-bond donors (Lipinski definition) is 2. The van der Waals surface area contributed by atoms with Gasteiger partial charge in [-0.3, -0.25) is 0 Å². The molecule has 0 fully saturated rings. The van der Waals surface area contributed by atoms with Crippen molar-refractivity contribution < 1.29 is 31.9 Å². The van der Waals surface area contributed by atoms with Gasteiger partial charge in [0.05, 0.1) is 17.6 Å². The smallest absolute Gasteiger partial charge is 0.465 e. The van der Waals surface area contributed by atoms with Crippen LogP contribution in [-0.2, 0) is 15.0 Å². The molecular weight excluding hydrogens is 254 g/mol. The summed E-state index contributed by atoms with van der Waals surface area (Å²) in [5, 5.41) is 17.8. The molecule has 0 amide bonds. The highest BCUT2D eigenvalue weighted by atomic mass is 32.3. The summed E-state index contributed by atoms with van der Waals surface area (Å²) in [6.45, 7) is 0. The van der Waals surface area contributed by atoms with Gasteiger partial charge >= 0.3 is 23.3 Å². The zero-order valence-electron chi connectivity index (χ0n) is 8.62. The third-order valence-corrected chi connectivity index (χ3v) is 2.73. The Kier molecular flexibility index (Phi) is 3.86. The lowest BCUT2D eigenvalue weighted by molar-refractivity contribution is 0.0600. The highest BCUT2D eigenvalue weighted by molar-refractivity contribution is 7.86. The van der Waals surface area contributed by atoms with Crippen LogP contribution >= 0.6 is 0 Å². The van der Waals surface area contributed by atoms with Gasteiger partial charge in [-0.2, -0.15) is 8.42 Å². The molecule has 6 nitrogen and oxygen atoms in total. The average molecular weight is 262 g/mol. The minimum Gasteiger partial charge on any atom is -0.465 e. The highest BCUT2D eigenvalue weighted by Gasteiger charge is 2.21. The Labute approximate surface area is 97.0 Å². The first-order valence-electron chi connectivity index (χ1n) is 4.30. The highest BCUT2D eigenvalue weighted by Crippen LogP contribution is 2.13. The van der Waals surface area contributed by atoms with Crippen molar-refractivity contribution in [2.24, 2.45) is 0 Å². The van der Waals surface area contributed by atoms with E-state index < -0.39 is 28.2 Å². The average Bonchev–Trinajstić information content (AvgIpc) is 2.26. The predicted octanol–water partition coefficient (Wildman–Crippen LogP) is -1.19. The first kappa shape index (κ1) is 13.6. The molecule has 0 saturated heterocycles. The van der Waals surface area contributed by atoms with Gasteiger partial charge in [-0.15, -0.1) is 3.89 Å². The minimum atomic E-state index is -5.05. The number of benzene rings is 1. The van der Waals surface area contributed by atoms with Crippen LogP contribution in [0.5, 0.6) is 0 Å². The SMILES string of the molecule is COC(=O)c1cc(B(O)O)cc(S(=O)(=O)F)c1. The molecule has 0 bridgehead atoms. The summed E-state index contributed by atoms with van der Waals surface area (Å²) in [4.78, 5) is 10.3. The molecule has 0 aliphatic heterocycles. The first-order valence-corrected chi connectivity index (χ1v) is 5.68. The fraction of sp³-hybridized carbons (Fsp3) is 0.125. The number of carbonyl (C=O) groups is 1. The van der Waals surface area contributed by atoms with Gasteiger partial charge in [0.1, 0.15) is 0 Å². The topological polar surface area (TPSA) is 101 Å². The summed E-state index contributed by atoms with van der Waals surface area (Å²) in [7, 11) is -6.03. The molecule has 0 saturated carbocycles. The standard InChI is InChI=1S/C8H8BFO6S/c1-16-8(11)5-2-6(9(12)13)4-7(3-5)17(10,14)15/h2-4,12-13H,1H3. The number of hydrogen-bond acceptors (Lipinski definition) is 6. The number of carbonyl (C=O) groups excluding carboxylic acids is 1. The Morgan fingerprint density at radius 3 is 2.35 bits per heavy atom. The molecule has 1 aromatic rings. The number of ether oxygens (including phenoxy) is 1. The molecule has 0 heterocycles. The lowest BCUT2D eigenvalue weighted by Crippen LogP contribution is -2.31. The Hall–Kier alpha value is -1.45. The molecule has 92 valence electrons. The van der Waals surface area contributed by atoms with Crippen LogP contribution in [0.25, 0.3) is 0 Å². The van der Waals surface area contributed by atoms with E-state index in [1.54, 1.807) is 0 Å². The van der Waals surface area contributed by atoms with E-state index in [0.717, 1.165) is 19.2 Å². The Balaban J connectivity index is 3.44. The summed E-state index contributed by atoms with van der Waals surface area (Å²) in [5.41, 5.74) is -0.626. The van der Waals surface area contributed by atoms with Crippen molar-refractivity contribution in [3.05, 3.63) is 23.8 Å². The van der Waals surface area contributed by atoms with Gasteiger partial charge in [0.2, 0.25) is 0 Å². The zero-order chi connectivity index (χ0) is 13.2. The molecule has 1 rings (SSSR count). The van der Waals surface area contributed by atoms with Crippen LogP contribution in [0.2, 0.25) is 0 Å². The van der Waals surface area contributed by atoms with E-state index in [0.29, 0.717) is 6.07 Å². The van der Waals surface area contributed by atoms with E-state index in [4.69, 9.17) is 10.0 Å². The number of methoxy groups -OCH3 is 1. The molecule has 0 radical (unpaired) electrons. The van der Waals surface area contributed by atoms with Gasteiger partial charge in [0.15, 0.2) is 0 Å². The number of rotatable bonds is 3. The number of esters is 1.